The number of aryl methyl sites for hydroxylation is 1. The van der Waals surface area contributed by atoms with E-state index in [4.69, 9.17) is 11.6 Å². The van der Waals surface area contributed by atoms with Crippen molar-refractivity contribution in [2.45, 2.75) is 25.9 Å². The number of imidazole rings is 1. The Morgan fingerprint density at radius 2 is 2.24 bits per heavy atom. The Hall–Kier alpha value is -1.92. The van der Waals surface area contributed by atoms with Crippen LogP contribution in [0.2, 0.25) is 5.02 Å². The van der Waals surface area contributed by atoms with Gasteiger partial charge in [0.2, 0.25) is 0 Å². The summed E-state index contributed by atoms with van der Waals surface area (Å²) in [6.07, 6.45) is 7.49. The Bertz CT molecular complexity index is 587. The molecule has 2 rings (SSSR count). The predicted molar refractivity (Wildman–Crippen MR) is 81.3 cm³/mol. The van der Waals surface area contributed by atoms with Crippen molar-refractivity contribution in [1.29, 1.82) is 0 Å². The summed E-state index contributed by atoms with van der Waals surface area (Å²) in [5.74, 6) is 0. The molecular formula is C14H17ClN4O2. The number of hydrogen-bond donors (Lipinski definition) is 1. The molecule has 0 saturated carbocycles. The number of rotatable bonds is 8. The first-order chi connectivity index (χ1) is 10.2. The van der Waals surface area contributed by atoms with E-state index in [9.17, 15) is 10.1 Å². The number of nitro benzene ring substituents is 1. The fourth-order valence-electron chi connectivity index (χ4n) is 2.07. The molecular weight excluding hydrogens is 292 g/mol. The number of nitrogens with zero attached hydrogens (tertiary/aromatic N) is 3. The van der Waals surface area contributed by atoms with E-state index in [1.807, 2.05) is 10.8 Å². The van der Waals surface area contributed by atoms with Crippen LogP contribution >= 0.6 is 11.6 Å². The lowest BCUT2D eigenvalue weighted by Gasteiger charge is -2.07. The lowest BCUT2D eigenvalue weighted by Crippen LogP contribution is -2.16. The maximum atomic E-state index is 11.0. The monoisotopic (exact) mass is 308 g/mol. The van der Waals surface area contributed by atoms with Crippen LogP contribution in [-0.4, -0.2) is 21.0 Å². The van der Waals surface area contributed by atoms with E-state index >= 15 is 0 Å². The van der Waals surface area contributed by atoms with Gasteiger partial charge in [0.25, 0.3) is 5.69 Å². The van der Waals surface area contributed by atoms with Gasteiger partial charge in [-0.1, -0.05) is 17.7 Å². The van der Waals surface area contributed by atoms with Crippen LogP contribution in [0, 0.1) is 10.1 Å². The zero-order valence-corrected chi connectivity index (χ0v) is 12.3. The van der Waals surface area contributed by atoms with Gasteiger partial charge in [0.05, 0.1) is 21.8 Å². The molecule has 1 aromatic heterocycles. The maximum Gasteiger partial charge on any atom is 0.275 e. The molecule has 1 heterocycles. The summed E-state index contributed by atoms with van der Waals surface area (Å²) >= 11 is 6.03. The highest BCUT2D eigenvalue weighted by atomic mass is 35.5. The van der Waals surface area contributed by atoms with Crippen molar-refractivity contribution in [3.63, 3.8) is 0 Å². The zero-order chi connectivity index (χ0) is 15.1. The van der Waals surface area contributed by atoms with Crippen LogP contribution in [0.4, 0.5) is 5.69 Å². The van der Waals surface area contributed by atoms with Crippen LogP contribution in [0.5, 0.6) is 0 Å². The third-order valence-corrected chi connectivity index (χ3v) is 3.53. The summed E-state index contributed by atoms with van der Waals surface area (Å²) in [4.78, 5) is 14.5. The highest BCUT2D eigenvalue weighted by Gasteiger charge is 2.15. The van der Waals surface area contributed by atoms with E-state index < -0.39 is 4.92 Å². The van der Waals surface area contributed by atoms with E-state index in [1.54, 1.807) is 24.7 Å². The first-order valence-corrected chi connectivity index (χ1v) is 7.14. The normalized spacial score (nSPS) is 10.7. The fraction of sp³-hybridized carbons (Fsp3) is 0.357. The van der Waals surface area contributed by atoms with Gasteiger partial charge in [-0.3, -0.25) is 10.1 Å². The minimum Gasteiger partial charge on any atom is -0.337 e. The molecule has 112 valence electrons. The standard InChI is InChI=1S/C14H17ClN4O2/c15-13-4-3-5-14(19(20)21)12(13)10-16-6-1-2-8-18-9-7-17-11-18/h3-5,7,9,11,16H,1-2,6,8,10H2. The van der Waals surface area contributed by atoms with Crippen molar-refractivity contribution in [2.24, 2.45) is 0 Å². The summed E-state index contributed by atoms with van der Waals surface area (Å²) in [7, 11) is 0. The van der Waals surface area contributed by atoms with Gasteiger partial charge in [-0.25, -0.2) is 4.98 Å². The van der Waals surface area contributed by atoms with Gasteiger partial charge in [0, 0.05) is 31.5 Å². The molecule has 0 radical (unpaired) electrons. The van der Waals surface area contributed by atoms with Gasteiger partial charge in [0.15, 0.2) is 0 Å². The van der Waals surface area contributed by atoms with Crippen molar-refractivity contribution in [1.82, 2.24) is 14.9 Å². The zero-order valence-electron chi connectivity index (χ0n) is 11.5. The van der Waals surface area contributed by atoms with E-state index in [2.05, 4.69) is 10.3 Å². The van der Waals surface area contributed by atoms with Crippen molar-refractivity contribution in [2.75, 3.05) is 6.54 Å². The van der Waals surface area contributed by atoms with Crippen LogP contribution in [0.15, 0.2) is 36.9 Å². The van der Waals surface area contributed by atoms with Gasteiger partial charge >= 0.3 is 0 Å². The molecule has 0 aliphatic rings. The van der Waals surface area contributed by atoms with Crippen molar-refractivity contribution >= 4 is 17.3 Å². The molecule has 1 N–H and O–H groups in total. The Morgan fingerprint density at radius 3 is 2.95 bits per heavy atom. The number of nitrogens with one attached hydrogen (secondary N) is 1. The van der Waals surface area contributed by atoms with Crippen molar-refractivity contribution in [3.05, 3.63) is 57.6 Å². The molecule has 0 atom stereocenters. The largest absolute Gasteiger partial charge is 0.337 e. The third kappa shape index (κ3) is 4.54. The van der Waals surface area contributed by atoms with Crippen LogP contribution in [-0.2, 0) is 13.1 Å². The van der Waals surface area contributed by atoms with Crippen LogP contribution in [0.3, 0.4) is 0 Å². The van der Waals surface area contributed by atoms with E-state index in [1.165, 1.54) is 6.07 Å². The highest BCUT2D eigenvalue weighted by molar-refractivity contribution is 6.31. The van der Waals surface area contributed by atoms with Gasteiger partial charge in [0.1, 0.15) is 0 Å². The highest BCUT2D eigenvalue weighted by Crippen LogP contribution is 2.25. The summed E-state index contributed by atoms with van der Waals surface area (Å²) in [6.45, 7) is 2.12. The molecule has 0 aliphatic carbocycles. The second-order valence-electron chi connectivity index (χ2n) is 4.68. The lowest BCUT2D eigenvalue weighted by molar-refractivity contribution is -0.385. The molecule has 0 fully saturated rings. The molecule has 6 nitrogen and oxygen atoms in total. The first kappa shape index (κ1) is 15.5. The molecule has 2 aromatic rings. The Balaban J connectivity index is 1.75. The number of benzene rings is 1. The Morgan fingerprint density at radius 1 is 1.38 bits per heavy atom. The number of unbranched alkanes of at least 4 members (excludes halogenated alkanes) is 1. The molecule has 0 unspecified atom stereocenters. The predicted octanol–water partition coefficient (Wildman–Crippen LogP) is 3.01. The molecule has 21 heavy (non-hydrogen) atoms. The lowest BCUT2D eigenvalue weighted by atomic mass is 10.1. The minimum absolute atomic E-state index is 0.0633. The van der Waals surface area contributed by atoms with Crippen LogP contribution in [0.25, 0.3) is 0 Å². The van der Waals surface area contributed by atoms with Crippen LogP contribution < -0.4 is 5.32 Å². The summed E-state index contributed by atoms with van der Waals surface area (Å²) < 4.78 is 2.03. The molecule has 1 aromatic carbocycles. The molecule has 0 spiro atoms. The molecule has 0 amide bonds. The van der Waals surface area contributed by atoms with Crippen molar-refractivity contribution in [3.8, 4) is 0 Å². The summed E-state index contributed by atoms with van der Waals surface area (Å²) in [5.41, 5.74) is 0.604. The van der Waals surface area contributed by atoms with E-state index in [0.717, 1.165) is 25.9 Å². The second-order valence-corrected chi connectivity index (χ2v) is 5.09. The fourth-order valence-corrected chi connectivity index (χ4v) is 2.31. The smallest absolute Gasteiger partial charge is 0.275 e. The van der Waals surface area contributed by atoms with Gasteiger partial charge < -0.3 is 9.88 Å². The molecule has 7 heteroatoms. The quantitative estimate of drug-likeness (QED) is 0.462. The number of aromatic nitrogens is 2. The molecule has 0 aliphatic heterocycles. The summed E-state index contributed by atoms with van der Waals surface area (Å²) in [5, 5.41) is 14.6. The number of nitro groups is 1. The van der Waals surface area contributed by atoms with E-state index in [-0.39, 0.29) is 5.69 Å². The van der Waals surface area contributed by atoms with Gasteiger partial charge in [-0.05, 0) is 25.5 Å². The average molecular weight is 309 g/mol. The Kier molecular flexibility index (Phi) is 5.71. The average Bonchev–Trinajstić information content (AvgIpc) is 2.97. The van der Waals surface area contributed by atoms with Gasteiger partial charge in [-0.15, -0.1) is 0 Å². The summed E-state index contributed by atoms with van der Waals surface area (Å²) in [6, 6.07) is 4.74. The molecule has 0 bridgehead atoms. The Labute approximate surface area is 127 Å². The van der Waals surface area contributed by atoms with Crippen LogP contribution in [0.1, 0.15) is 18.4 Å². The van der Waals surface area contributed by atoms with E-state index in [0.29, 0.717) is 17.1 Å². The third-order valence-electron chi connectivity index (χ3n) is 3.17. The molecule has 0 saturated heterocycles. The SMILES string of the molecule is O=[N+]([O-])c1cccc(Cl)c1CNCCCCn1ccnc1. The second kappa shape index (κ2) is 7.75. The maximum absolute atomic E-state index is 11.0. The number of halogens is 1. The van der Waals surface area contributed by atoms with Gasteiger partial charge in [-0.2, -0.15) is 0 Å². The number of hydrogen-bond acceptors (Lipinski definition) is 4. The minimum atomic E-state index is -0.401. The van der Waals surface area contributed by atoms with Crippen molar-refractivity contribution < 1.29 is 4.92 Å². The first-order valence-electron chi connectivity index (χ1n) is 6.76. The topological polar surface area (TPSA) is 73.0 Å².